The summed E-state index contributed by atoms with van der Waals surface area (Å²) in [6.45, 7) is 0. The van der Waals surface area contributed by atoms with Gasteiger partial charge in [-0.3, -0.25) is 0 Å². The summed E-state index contributed by atoms with van der Waals surface area (Å²) >= 11 is 3.36. The van der Waals surface area contributed by atoms with E-state index >= 15 is 0 Å². The Morgan fingerprint density at radius 1 is 1.38 bits per heavy atom. The van der Waals surface area contributed by atoms with Gasteiger partial charge in [-0.25, -0.2) is 4.39 Å². The molecule has 13 heavy (non-hydrogen) atoms. The summed E-state index contributed by atoms with van der Waals surface area (Å²) in [5.41, 5.74) is 1.13. The molecular formula is C11H10BrF. The summed E-state index contributed by atoms with van der Waals surface area (Å²) in [5.74, 6) is 0.0281. The van der Waals surface area contributed by atoms with E-state index in [2.05, 4.69) is 22.0 Å². The summed E-state index contributed by atoms with van der Waals surface area (Å²) in [6, 6.07) is 5.95. The molecule has 1 aliphatic carbocycles. The average Bonchev–Trinajstić information content (AvgIpc) is 2.18. The third kappa shape index (κ3) is 1.68. The van der Waals surface area contributed by atoms with Crippen LogP contribution < -0.4 is 10.4 Å². The summed E-state index contributed by atoms with van der Waals surface area (Å²) in [6.07, 6.45) is 3.47. The Labute approximate surface area is 84.9 Å². The SMILES string of the molecule is FC1=c2cc(CBr)ccc2=CCC1. The number of alkyl halides is 1. The molecule has 1 aromatic rings. The molecule has 0 spiro atoms. The zero-order valence-corrected chi connectivity index (χ0v) is 8.77. The van der Waals surface area contributed by atoms with Crippen LogP contribution in [-0.4, -0.2) is 0 Å². The Bertz CT molecular complexity index is 434. The van der Waals surface area contributed by atoms with Gasteiger partial charge in [-0.15, -0.1) is 0 Å². The molecule has 0 bridgehead atoms. The van der Waals surface area contributed by atoms with E-state index in [0.717, 1.165) is 27.8 Å². The van der Waals surface area contributed by atoms with Gasteiger partial charge in [-0.05, 0) is 23.3 Å². The topological polar surface area (TPSA) is 0 Å². The predicted octanol–water partition coefficient (Wildman–Crippen LogP) is 2.23. The molecule has 0 radical (unpaired) electrons. The lowest BCUT2D eigenvalue weighted by atomic mass is 10.1. The van der Waals surface area contributed by atoms with Crippen molar-refractivity contribution in [1.82, 2.24) is 0 Å². The van der Waals surface area contributed by atoms with Crippen LogP contribution in [0.2, 0.25) is 0 Å². The Hall–Kier alpha value is -0.630. The molecule has 2 heteroatoms. The minimum atomic E-state index is 0.0281. The first-order valence-electron chi connectivity index (χ1n) is 4.35. The molecule has 0 fully saturated rings. The second kappa shape index (κ2) is 3.62. The molecule has 0 saturated carbocycles. The second-order valence-corrected chi connectivity index (χ2v) is 3.76. The van der Waals surface area contributed by atoms with Crippen molar-refractivity contribution in [1.29, 1.82) is 0 Å². The number of benzene rings is 1. The van der Waals surface area contributed by atoms with Crippen LogP contribution in [0.5, 0.6) is 0 Å². The van der Waals surface area contributed by atoms with Gasteiger partial charge in [-0.2, -0.15) is 0 Å². The standard InChI is InChI=1S/C11H10BrF/c12-7-8-4-5-9-2-1-3-11(13)10(9)6-8/h2,4-6H,1,3,7H2. The Morgan fingerprint density at radius 3 is 3.00 bits per heavy atom. The largest absolute Gasteiger partial charge is 0.211 e. The number of hydrogen-bond acceptors (Lipinski definition) is 0. The number of hydrogen-bond donors (Lipinski definition) is 0. The van der Waals surface area contributed by atoms with Crippen molar-refractivity contribution in [3.8, 4) is 0 Å². The minimum Gasteiger partial charge on any atom is -0.211 e. The van der Waals surface area contributed by atoms with Crippen molar-refractivity contribution >= 4 is 27.8 Å². The molecule has 0 amide bonds. The third-order valence-corrected chi connectivity index (χ3v) is 2.94. The average molecular weight is 241 g/mol. The van der Waals surface area contributed by atoms with E-state index in [9.17, 15) is 4.39 Å². The van der Waals surface area contributed by atoms with Crippen molar-refractivity contribution < 1.29 is 4.39 Å². The van der Waals surface area contributed by atoms with Gasteiger partial charge in [0.1, 0.15) is 5.83 Å². The summed E-state index contributed by atoms with van der Waals surface area (Å²) in [4.78, 5) is 0. The van der Waals surface area contributed by atoms with E-state index < -0.39 is 0 Å². The maximum absolute atomic E-state index is 13.4. The van der Waals surface area contributed by atoms with Gasteiger partial charge in [0.05, 0.1) is 0 Å². The predicted molar refractivity (Wildman–Crippen MR) is 56.5 cm³/mol. The molecule has 0 heterocycles. The van der Waals surface area contributed by atoms with Gasteiger partial charge >= 0.3 is 0 Å². The van der Waals surface area contributed by atoms with E-state index in [-0.39, 0.29) is 5.83 Å². The molecule has 0 saturated heterocycles. The van der Waals surface area contributed by atoms with Crippen LogP contribution in [-0.2, 0) is 5.33 Å². The number of halogens is 2. The summed E-state index contributed by atoms with van der Waals surface area (Å²) < 4.78 is 13.4. The molecule has 1 aromatic carbocycles. The first-order chi connectivity index (χ1) is 6.31. The molecule has 0 nitrogen and oxygen atoms in total. The number of fused-ring (bicyclic) bond motifs is 1. The van der Waals surface area contributed by atoms with Crippen LogP contribution in [0.15, 0.2) is 18.2 Å². The molecular weight excluding hydrogens is 231 g/mol. The maximum Gasteiger partial charge on any atom is 0.108 e. The molecule has 68 valence electrons. The van der Waals surface area contributed by atoms with Gasteiger partial charge in [0.15, 0.2) is 0 Å². The molecule has 0 aliphatic heterocycles. The van der Waals surface area contributed by atoms with Gasteiger partial charge in [0, 0.05) is 17.0 Å². The quantitative estimate of drug-likeness (QED) is 0.661. The van der Waals surface area contributed by atoms with E-state index in [1.54, 1.807) is 0 Å². The van der Waals surface area contributed by atoms with Crippen molar-refractivity contribution in [2.75, 3.05) is 0 Å². The van der Waals surface area contributed by atoms with Gasteiger partial charge < -0.3 is 0 Å². The second-order valence-electron chi connectivity index (χ2n) is 3.20. The molecule has 0 unspecified atom stereocenters. The molecule has 0 aromatic heterocycles. The van der Waals surface area contributed by atoms with Crippen LogP contribution >= 0.6 is 15.9 Å². The van der Waals surface area contributed by atoms with Crippen LogP contribution in [0.25, 0.3) is 11.9 Å². The van der Waals surface area contributed by atoms with E-state index in [1.165, 1.54) is 0 Å². The number of rotatable bonds is 1. The van der Waals surface area contributed by atoms with Crippen molar-refractivity contribution in [2.24, 2.45) is 0 Å². The van der Waals surface area contributed by atoms with Gasteiger partial charge in [-0.1, -0.05) is 34.1 Å². The van der Waals surface area contributed by atoms with Crippen LogP contribution in [0.4, 0.5) is 4.39 Å². The zero-order valence-electron chi connectivity index (χ0n) is 7.19. The molecule has 0 N–H and O–H groups in total. The van der Waals surface area contributed by atoms with Gasteiger partial charge in [0.25, 0.3) is 0 Å². The molecule has 0 atom stereocenters. The van der Waals surface area contributed by atoms with E-state index in [0.29, 0.717) is 6.42 Å². The summed E-state index contributed by atoms with van der Waals surface area (Å²) in [7, 11) is 0. The van der Waals surface area contributed by atoms with Crippen LogP contribution in [0.3, 0.4) is 0 Å². The highest BCUT2D eigenvalue weighted by molar-refractivity contribution is 9.08. The monoisotopic (exact) mass is 240 g/mol. The van der Waals surface area contributed by atoms with Crippen molar-refractivity contribution in [3.05, 3.63) is 34.2 Å². The van der Waals surface area contributed by atoms with E-state index in [4.69, 9.17) is 0 Å². The lowest BCUT2D eigenvalue weighted by Gasteiger charge is -2.04. The maximum atomic E-state index is 13.4. The Balaban J connectivity index is 2.74. The fourth-order valence-electron chi connectivity index (χ4n) is 1.59. The normalized spacial score (nSPS) is 15.1. The van der Waals surface area contributed by atoms with E-state index in [1.807, 2.05) is 18.2 Å². The first-order valence-corrected chi connectivity index (χ1v) is 5.47. The highest BCUT2D eigenvalue weighted by Gasteiger charge is 2.03. The molecule has 2 rings (SSSR count). The molecule has 1 aliphatic rings. The highest BCUT2D eigenvalue weighted by Crippen LogP contribution is 2.09. The zero-order chi connectivity index (χ0) is 9.26. The Morgan fingerprint density at radius 2 is 2.23 bits per heavy atom. The highest BCUT2D eigenvalue weighted by atomic mass is 79.9. The van der Waals surface area contributed by atoms with Crippen molar-refractivity contribution in [3.63, 3.8) is 0 Å². The Kier molecular flexibility index (Phi) is 2.49. The minimum absolute atomic E-state index is 0.0281. The smallest absolute Gasteiger partial charge is 0.108 e. The van der Waals surface area contributed by atoms with Crippen LogP contribution in [0, 0.1) is 0 Å². The van der Waals surface area contributed by atoms with Crippen molar-refractivity contribution in [2.45, 2.75) is 18.2 Å². The fourth-order valence-corrected chi connectivity index (χ4v) is 1.94. The summed E-state index contributed by atoms with van der Waals surface area (Å²) in [5, 5.41) is 2.60. The third-order valence-electron chi connectivity index (χ3n) is 2.29. The fraction of sp³-hybridized carbons (Fsp3) is 0.273. The lowest BCUT2D eigenvalue weighted by molar-refractivity contribution is 0.696. The lowest BCUT2D eigenvalue weighted by Crippen LogP contribution is -2.28. The first kappa shape index (κ1) is 8.95. The van der Waals surface area contributed by atoms with Gasteiger partial charge in [0.2, 0.25) is 0 Å². The van der Waals surface area contributed by atoms with Crippen LogP contribution in [0.1, 0.15) is 18.4 Å².